The maximum atomic E-state index is 12.4. The van der Waals surface area contributed by atoms with Crippen LogP contribution in [0.3, 0.4) is 0 Å². The van der Waals surface area contributed by atoms with E-state index in [1.807, 2.05) is 42.5 Å². The molecule has 0 aliphatic carbocycles. The number of pyridine rings is 1. The molecule has 1 amide bonds. The van der Waals surface area contributed by atoms with E-state index < -0.39 is 0 Å². The van der Waals surface area contributed by atoms with Crippen LogP contribution in [0.4, 0.5) is 10.8 Å². The number of nitrogens with zero attached hydrogens (tertiary/aromatic N) is 4. The molecule has 2 N–H and O–H groups in total. The molecule has 2 aromatic heterocycles. The van der Waals surface area contributed by atoms with Crippen LogP contribution in [0.5, 0.6) is 0 Å². The highest BCUT2D eigenvalue weighted by Gasteiger charge is 2.14. The highest BCUT2D eigenvalue weighted by Crippen LogP contribution is 2.20. The Morgan fingerprint density at radius 2 is 1.92 bits per heavy atom. The molecule has 0 unspecified atom stereocenters. The first-order chi connectivity index (χ1) is 12.8. The van der Waals surface area contributed by atoms with E-state index in [1.54, 1.807) is 6.20 Å². The summed E-state index contributed by atoms with van der Waals surface area (Å²) >= 11 is 1.15. The van der Waals surface area contributed by atoms with E-state index in [0.717, 1.165) is 43.4 Å². The maximum Gasteiger partial charge on any atom is 0.257 e. The largest absolute Gasteiger partial charge is 0.369 e. The molecule has 0 radical (unpaired) electrons. The molecule has 1 aliphatic heterocycles. The number of amides is 1. The van der Waals surface area contributed by atoms with Gasteiger partial charge in [-0.25, -0.2) is 0 Å². The monoisotopic (exact) mass is 366 g/mol. The summed E-state index contributed by atoms with van der Waals surface area (Å²) in [6.07, 6.45) is 1.69. The van der Waals surface area contributed by atoms with Gasteiger partial charge < -0.3 is 10.2 Å². The van der Waals surface area contributed by atoms with E-state index in [4.69, 9.17) is 0 Å². The van der Waals surface area contributed by atoms with Crippen molar-refractivity contribution in [1.82, 2.24) is 19.7 Å². The lowest BCUT2D eigenvalue weighted by Gasteiger charge is -2.29. The van der Waals surface area contributed by atoms with E-state index in [9.17, 15) is 4.79 Å². The summed E-state index contributed by atoms with van der Waals surface area (Å²) in [5.41, 5.74) is 2.42. The Bertz CT molecular complexity index is 874. The van der Waals surface area contributed by atoms with Crippen LogP contribution in [-0.2, 0) is 0 Å². The second-order valence-electron chi connectivity index (χ2n) is 5.88. The molecule has 1 aromatic carbocycles. The van der Waals surface area contributed by atoms with Crippen LogP contribution in [-0.4, -0.2) is 46.4 Å². The first kappa shape index (κ1) is 16.6. The van der Waals surface area contributed by atoms with Crippen molar-refractivity contribution in [1.29, 1.82) is 0 Å². The van der Waals surface area contributed by atoms with E-state index >= 15 is 0 Å². The fourth-order valence-electron chi connectivity index (χ4n) is 2.79. The van der Waals surface area contributed by atoms with Crippen molar-refractivity contribution in [3.05, 3.63) is 54.2 Å². The fourth-order valence-corrected chi connectivity index (χ4v) is 3.36. The van der Waals surface area contributed by atoms with E-state index in [0.29, 0.717) is 22.2 Å². The van der Waals surface area contributed by atoms with Gasteiger partial charge >= 0.3 is 0 Å². The number of carbonyl (C=O) groups is 1. The van der Waals surface area contributed by atoms with Crippen LogP contribution < -0.4 is 15.5 Å². The minimum atomic E-state index is -0.194. The number of rotatable bonds is 4. The second-order valence-corrected chi connectivity index (χ2v) is 6.63. The molecule has 132 valence electrons. The van der Waals surface area contributed by atoms with Gasteiger partial charge in [-0.1, -0.05) is 6.07 Å². The summed E-state index contributed by atoms with van der Waals surface area (Å²) in [6, 6.07) is 13.2. The standard InChI is InChI=1S/C18H18N6OS/c25-17(13-4-6-14(7-5-13)24-11-9-19-10-12-24)22-18-21-16(23-26-18)15-3-1-2-8-20-15/h1-8,19H,9-12H2,(H,21,22,23,25). The van der Waals surface area contributed by atoms with E-state index in [1.165, 1.54) is 0 Å². The van der Waals surface area contributed by atoms with Crippen molar-refractivity contribution in [2.45, 2.75) is 0 Å². The van der Waals surface area contributed by atoms with Gasteiger partial charge in [0.15, 0.2) is 5.82 Å². The molecule has 0 spiro atoms. The number of aromatic nitrogens is 3. The Kier molecular flexibility index (Phi) is 4.85. The van der Waals surface area contributed by atoms with Crippen LogP contribution in [0.15, 0.2) is 48.7 Å². The van der Waals surface area contributed by atoms with Gasteiger partial charge in [-0.05, 0) is 36.4 Å². The lowest BCUT2D eigenvalue weighted by Crippen LogP contribution is -2.43. The Hall–Kier alpha value is -2.84. The quantitative estimate of drug-likeness (QED) is 0.737. The van der Waals surface area contributed by atoms with Crippen molar-refractivity contribution in [3.63, 3.8) is 0 Å². The van der Waals surface area contributed by atoms with Gasteiger partial charge in [0.1, 0.15) is 5.69 Å². The van der Waals surface area contributed by atoms with E-state index in [2.05, 4.69) is 29.9 Å². The van der Waals surface area contributed by atoms with Gasteiger partial charge in [0, 0.05) is 55.2 Å². The lowest BCUT2D eigenvalue weighted by atomic mass is 10.1. The highest BCUT2D eigenvalue weighted by molar-refractivity contribution is 7.10. The summed E-state index contributed by atoms with van der Waals surface area (Å²) in [5, 5.41) is 6.60. The van der Waals surface area contributed by atoms with Gasteiger partial charge in [0.25, 0.3) is 5.91 Å². The molecule has 0 bridgehead atoms. The van der Waals surface area contributed by atoms with Gasteiger partial charge in [0.05, 0.1) is 0 Å². The van der Waals surface area contributed by atoms with Crippen LogP contribution in [0.25, 0.3) is 11.5 Å². The van der Waals surface area contributed by atoms with Gasteiger partial charge in [-0.15, -0.1) is 0 Å². The molecule has 3 aromatic rings. The lowest BCUT2D eigenvalue weighted by molar-refractivity contribution is 0.102. The molecule has 1 aliphatic rings. The van der Waals surface area contributed by atoms with Crippen LogP contribution in [0, 0.1) is 0 Å². The summed E-state index contributed by atoms with van der Waals surface area (Å²) in [7, 11) is 0. The van der Waals surface area contributed by atoms with Crippen molar-refractivity contribution in [3.8, 4) is 11.5 Å². The minimum Gasteiger partial charge on any atom is -0.369 e. The normalized spacial score (nSPS) is 14.2. The predicted octanol–water partition coefficient (Wildman–Crippen LogP) is 2.26. The maximum absolute atomic E-state index is 12.4. The molecule has 0 atom stereocenters. The van der Waals surface area contributed by atoms with Crippen molar-refractivity contribution < 1.29 is 4.79 Å². The Morgan fingerprint density at radius 1 is 1.12 bits per heavy atom. The third-order valence-electron chi connectivity index (χ3n) is 4.15. The van der Waals surface area contributed by atoms with Crippen LogP contribution in [0.2, 0.25) is 0 Å². The summed E-state index contributed by atoms with van der Waals surface area (Å²) in [6.45, 7) is 3.93. The highest BCUT2D eigenvalue weighted by atomic mass is 32.1. The zero-order valence-corrected chi connectivity index (χ0v) is 14.9. The molecular weight excluding hydrogens is 348 g/mol. The number of hydrogen-bond donors (Lipinski definition) is 2. The number of nitrogens with one attached hydrogen (secondary N) is 2. The molecule has 0 saturated carbocycles. The minimum absolute atomic E-state index is 0.194. The Morgan fingerprint density at radius 3 is 2.65 bits per heavy atom. The number of hydrogen-bond acceptors (Lipinski definition) is 7. The Balaban J connectivity index is 1.42. The summed E-state index contributed by atoms with van der Waals surface area (Å²) < 4.78 is 4.25. The zero-order chi connectivity index (χ0) is 17.8. The van der Waals surface area contributed by atoms with Crippen LogP contribution in [0.1, 0.15) is 10.4 Å². The number of piperazine rings is 1. The third-order valence-corrected chi connectivity index (χ3v) is 4.78. The zero-order valence-electron chi connectivity index (χ0n) is 14.1. The van der Waals surface area contributed by atoms with Crippen molar-refractivity contribution >= 4 is 28.3 Å². The van der Waals surface area contributed by atoms with Gasteiger partial charge in [-0.2, -0.15) is 9.36 Å². The molecule has 8 heteroatoms. The molecule has 4 rings (SSSR count). The predicted molar refractivity (Wildman–Crippen MR) is 103 cm³/mol. The summed E-state index contributed by atoms with van der Waals surface area (Å²) in [4.78, 5) is 23.3. The van der Waals surface area contributed by atoms with Crippen LogP contribution >= 0.6 is 11.5 Å². The number of carbonyl (C=O) groups excluding carboxylic acids is 1. The molecule has 1 saturated heterocycles. The second kappa shape index (κ2) is 7.59. The SMILES string of the molecule is O=C(Nc1nc(-c2ccccn2)ns1)c1ccc(N2CCNCC2)cc1. The average molecular weight is 366 g/mol. The van der Waals surface area contributed by atoms with Gasteiger partial charge in [0.2, 0.25) is 5.13 Å². The number of benzene rings is 1. The van der Waals surface area contributed by atoms with Crippen molar-refractivity contribution in [2.24, 2.45) is 0 Å². The average Bonchev–Trinajstić information content (AvgIpc) is 3.18. The topological polar surface area (TPSA) is 83.0 Å². The molecule has 1 fully saturated rings. The smallest absolute Gasteiger partial charge is 0.257 e. The molecule has 26 heavy (non-hydrogen) atoms. The number of anilines is 2. The molecule has 3 heterocycles. The third kappa shape index (κ3) is 3.71. The van der Waals surface area contributed by atoms with Gasteiger partial charge in [-0.3, -0.25) is 15.1 Å². The summed E-state index contributed by atoms with van der Waals surface area (Å²) in [5.74, 6) is 0.320. The fraction of sp³-hybridized carbons (Fsp3) is 0.222. The first-order valence-electron chi connectivity index (χ1n) is 8.42. The molecule has 7 nitrogen and oxygen atoms in total. The first-order valence-corrected chi connectivity index (χ1v) is 9.19. The Labute approximate surface area is 155 Å². The van der Waals surface area contributed by atoms with Crippen molar-refractivity contribution in [2.75, 3.05) is 36.4 Å². The molecular formula is C18H18N6OS. The van der Waals surface area contributed by atoms with E-state index in [-0.39, 0.29) is 5.91 Å².